The molecule has 4 aromatic rings. The summed E-state index contributed by atoms with van der Waals surface area (Å²) in [6.07, 6.45) is 3.49. The molecule has 1 amide bonds. The van der Waals surface area contributed by atoms with Crippen molar-refractivity contribution in [2.45, 2.75) is 0 Å². The molecule has 0 atom stereocenters. The molecule has 0 fully saturated rings. The Kier molecular flexibility index (Phi) is 4.11. The number of aromatic amines is 1. The topological polar surface area (TPSA) is 66.5 Å². The Morgan fingerprint density at radius 1 is 1.08 bits per heavy atom. The fourth-order valence-electron chi connectivity index (χ4n) is 2.99. The van der Waals surface area contributed by atoms with Crippen molar-refractivity contribution in [3.8, 4) is 5.75 Å². The van der Waals surface area contributed by atoms with E-state index in [0.29, 0.717) is 11.3 Å². The van der Waals surface area contributed by atoms with Gasteiger partial charge >= 0.3 is 0 Å². The number of nitrogens with zero attached hydrogens (tertiary/aromatic N) is 1. The first kappa shape index (κ1) is 15.9. The van der Waals surface area contributed by atoms with E-state index in [1.165, 1.54) is 0 Å². The first-order valence-electron chi connectivity index (χ1n) is 8.22. The summed E-state index contributed by atoms with van der Waals surface area (Å²) >= 11 is 0. The van der Waals surface area contributed by atoms with Crippen molar-refractivity contribution in [2.24, 2.45) is 5.10 Å². The van der Waals surface area contributed by atoms with Crippen LogP contribution in [0, 0.1) is 0 Å². The quantitative estimate of drug-likeness (QED) is 0.433. The highest BCUT2D eigenvalue weighted by Gasteiger charge is 2.13. The summed E-state index contributed by atoms with van der Waals surface area (Å²) in [5.41, 5.74) is 4.96. The van der Waals surface area contributed by atoms with E-state index in [2.05, 4.69) is 15.5 Å². The Balaban J connectivity index is 1.59. The number of para-hydroxylation sites is 1. The Labute approximate surface area is 150 Å². The number of amides is 1. The second-order valence-corrected chi connectivity index (χ2v) is 5.89. The summed E-state index contributed by atoms with van der Waals surface area (Å²) in [5, 5.41) is 7.13. The van der Waals surface area contributed by atoms with Gasteiger partial charge in [0.2, 0.25) is 0 Å². The number of carbonyl (C=O) groups excluding carboxylic acids is 1. The number of hydrazone groups is 1. The molecule has 4 rings (SSSR count). The van der Waals surface area contributed by atoms with Gasteiger partial charge in [0.25, 0.3) is 5.91 Å². The third-order valence-electron chi connectivity index (χ3n) is 4.30. The SMILES string of the molecule is COc1cc2ccccc2cc1C(=O)N/N=C\c1c[nH]c2ccccc12. The summed E-state index contributed by atoms with van der Waals surface area (Å²) in [5.74, 6) is 0.201. The Bertz CT molecular complexity index is 1130. The number of H-pyrrole nitrogens is 1. The standard InChI is InChI=1S/C21H17N3O2/c1-26-20-11-15-7-3-2-6-14(15)10-18(20)21(25)24-23-13-16-12-22-19-9-5-4-8-17(16)19/h2-13,22H,1H3,(H,24,25)/b23-13-. The minimum absolute atomic E-state index is 0.316. The van der Waals surface area contributed by atoms with Gasteiger partial charge in [-0.25, -0.2) is 5.43 Å². The molecule has 3 aromatic carbocycles. The highest BCUT2D eigenvalue weighted by Crippen LogP contribution is 2.25. The van der Waals surface area contributed by atoms with E-state index in [1.807, 2.05) is 66.9 Å². The molecule has 0 aliphatic heterocycles. The maximum atomic E-state index is 12.5. The molecule has 0 radical (unpaired) electrons. The van der Waals surface area contributed by atoms with Crippen LogP contribution >= 0.6 is 0 Å². The minimum Gasteiger partial charge on any atom is -0.496 e. The summed E-state index contributed by atoms with van der Waals surface area (Å²) < 4.78 is 5.37. The molecule has 0 bridgehead atoms. The summed E-state index contributed by atoms with van der Waals surface area (Å²) in [6, 6.07) is 19.4. The number of nitrogens with one attached hydrogen (secondary N) is 2. The number of benzene rings is 3. The monoisotopic (exact) mass is 343 g/mol. The molecule has 0 saturated heterocycles. The molecule has 5 nitrogen and oxygen atoms in total. The van der Waals surface area contributed by atoms with Gasteiger partial charge in [-0.15, -0.1) is 0 Å². The van der Waals surface area contributed by atoms with Crippen molar-refractivity contribution in [3.05, 3.63) is 78.0 Å². The maximum absolute atomic E-state index is 12.5. The summed E-state index contributed by atoms with van der Waals surface area (Å²) in [6.45, 7) is 0. The lowest BCUT2D eigenvalue weighted by Crippen LogP contribution is -2.18. The largest absolute Gasteiger partial charge is 0.496 e. The average Bonchev–Trinajstić information content (AvgIpc) is 3.10. The molecule has 0 aliphatic carbocycles. The van der Waals surface area contributed by atoms with Crippen LogP contribution in [0.1, 0.15) is 15.9 Å². The van der Waals surface area contributed by atoms with Crippen LogP contribution in [0.4, 0.5) is 0 Å². The van der Waals surface area contributed by atoms with Gasteiger partial charge in [0.15, 0.2) is 0 Å². The number of fused-ring (bicyclic) bond motifs is 2. The van der Waals surface area contributed by atoms with Crippen LogP contribution < -0.4 is 10.2 Å². The lowest BCUT2D eigenvalue weighted by Gasteiger charge is -2.09. The molecule has 0 unspecified atom stereocenters. The average molecular weight is 343 g/mol. The molecule has 0 saturated carbocycles. The molecular weight excluding hydrogens is 326 g/mol. The molecular formula is C21H17N3O2. The predicted molar refractivity (Wildman–Crippen MR) is 104 cm³/mol. The van der Waals surface area contributed by atoms with Crippen LogP contribution in [0.2, 0.25) is 0 Å². The summed E-state index contributed by atoms with van der Waals surface area (Å²) in [7, 11) is 1.55. The van der Waals surface area contributed by atoms with E-state index in [4.69, 9.17) is 4.74 Å². The van der Waals surface area contributed by atoms with E-state index in [9.17, 15) is 4.79 Å². The number of aromatic nitrogens is 1. The molecule has 0 spiro atoms. The number of carbonyl (C=O) groups is 1. The maximum Gasteiger partial charge on any atom is 0.275 e. The third-order valence-corrected chi connectivity index (χ3v) is 4.30. The third kappa shape index (κ3) is 2.91. The van der Waals surface area contributed by atoms with Crippen LogP contribution in [0.25, 0.3) is 21.7 Å². The van der Waals surface area contributed by atoms with Gasteiger partial charge in [-0.05, 0) is 29.0 Å². The van der Waals surface area contributed by atoms with Crippen molar-refractivity contribution in [1.82, 2.24) is 10.4 Å². The minimum atomic E-state index is -0.316. The number of rotatable bonds is 4. The van der Waals surface area contributed by atoms with Crippen molar-refractivity contribution >= 4 is 33.8 Å². The molecule has 128 valence electrons. The van der Waals surface area contributed by atoms with Crippen LogP contribution in [-0.4, -0.2) is 24.2 Å². The molecule has 0 aliphatic rings. The van der Waals surface area contributed by atoms with E-state index in [1.54, 1.807) is 13.3 Å². The van der Waals surface area contributed by atoms with Crippen LogP contribution in [0.15, 0.2) is 72.0 Å². The Hall–Kier alpha value is -3.60. The van der Waals surface area contributed by atoms with Crippen molar-refractivity contribution in [3.63, 3.8) is 0 Å². The van der Waals surface area contributed by atoms with E-state index in [-0.39, 0.29) is 5.91 Å². The smallest absolute Gasteiger partial charge is 0.275 e. The second kappa shape index (κ2) is 6.72. The zero-order valence-corrected chi connectivity index (χ0v) is 14.2. The summed E-state index contributed by atoms with van der Waals surface area (Å²) in [4.78, 5) is 15.7. The van der Waals surface area contributed by atoms with Crippen LogP contribution in [0.5, 0.6) is 5.75 Å². The normalized spacial score (nSPS) is 11.3. The zero-order chi connectivity index (χ0) is 17.9. The van der Waals surface area contributed by atoms with Gasteiger partial charge in [0, 0.05) is 22.7 Å². The van der Waals surface area contributed by atoms with Gasteiger partial charge in [-0.1, -0.05) is 42.5 Å². The number of hydrogen-bond donors (Lipinski definition) is 2. The van der Waals surface area contributed by atoms with E-state index >= 15 is 0 Å². The fourth-order valence-corrected chi connectivity index (χ4v) is 2.99. The molecule has 1 heterocycles. The van der Waals surface area contributed by atoms with Crippen LogP contribution in [-0.2, 0) is 0 Å². The number of methoxy groups -OCH3 is 1. The molecule has 26 heavy (non-hydrogen) atoms. The van der Waals surface area contributed by atoms with Gasteiger partial charge in [-0.2, -0.15) is 5.10 Å². The van der Waals surface area contributed by atoms with Crippen molar-refractivity contribution in [2.75, 3.05) is 7.11 Å². The Morgan fingerprint density at radius 3 is 2.62 bits per heavy atom. The molecule has 5 heteroatoms. The second-order valence-electron chi connectivity index (χ2n) is 5.89. The molecule has 2 N–H and O–H groups in total. The highest BCUT2D eigenvalue weighted by molar-refractivity contribution is 6.03. The van der Waals surface area contributed by atoms with E-state index < -0.39 is 0 Å². The first-order valence-corrected chi connectivity index (χ1v) is 8.22. The predicted octanol–water partition coefficient (Wildman–Crippen LogP) is 4.09. The first-order chi connectivity index (χ1) is 12.8. The lowest BCUT2D eigenvalue weighted by molar-refractivity contribution is 0.0952. The highest BCUT2D eigenvalue weighted by atomic mass is 16.5. The zero-order valence-electron chi connectivity index (χ0n) is 14.2. The van der Waals surface area contributed by atoms with Crippen LogP contribution in [0.3, 0.4) is 0 Å². The van der Waals surface area contributed by atoms with E-state index in [0.717, 1.165) is 27.2 Å². The number of hydrogen-bond acceptors (Lipinski definition) is 3. The van der Waals surface area contributed by atoms with Gasteiger partial charge < -0.3 is 9.72 Å². The molecule has 1 aromatic heterocycles. The van der Waals surface area contributed by atoms with Gasteiger partial charge in [0.1, 0.15) is 5.75 Å². The van der Waals surface area contributed by atoms with Gasteiger partial charge in [0.05, 0.1) is 18.9 Å². The van der Waals surface area contributed by atoms with Gasteiger partial charge in [-0.3, -0.25) is 4.79 Å². The van der Waals surface area contributed by atoms with Crippen molar-refractivity contribution in [1.29, 1.82) is 0 Å². The Morgan fingerprint density at radius 2 is 1.81 bits per heavy atom. The lowest BCUT2D eigenvalue weighted by atomic mass is 10.1. The fraction of sp³-hybridized carbons (Fsp3) is 0.0476. The van der Waals surface area contributed by atoms with Crippen molar-refractivity contribution < 1.29 is 9.53 Å². The number of ether oxygens (including phenoxy) is 1.